The van der Waals surface area contributed by atoms with E-state index >= 15 is 0 Å². The summed E-state index contributed by atoms with van der Waals surface area (Å²) < 4.78 is 10.8. The first-order valence-electron chi connectivity index (χ1n) is 6.10. The van der Waals surface area contributed by atoms with Crippen molar-refractivity contribution in [3.8, 4) is 0 Å². The molecule has 1 aromatic rings. The fraction of sp³-hybridized carbons (Fsp3) is 0.400. The Kier molecular flexibility index (Phi) is 3.53. The molecule has 1 aromatic carbocycles. The Morgan fingerprint density at radius 1 is 1.44 bits per heavy atom. The molecule has 0 bridgehead atoms. The minimum atomic E-state index is -0.336. The van der Waals surface area contributed by atoms with Crippen LogP contribution in [0, 0.1) is 0 Å². The first-order valence-corrected chi connectivity index (χ1v) is 6.10. The van der Waals surface area contributed by atoms with Gasteiger partial charge < -0.3 is 9.47 Å². The van der Waals surface area contributed by atoms with Crippen LogP contribution in [0.1, 0.15) is 25.8 Å². The summed E-state index contributed by atoms with van der Waals surface area (Å²) in [6, 6.07) is 10.1. The lowest BCUT2D eigenvalue weighted by Crippen LogP contribution is -2.12. The highest BCUT2D eigenvalue weighted by atomic mass is 16.6. The van der Waals surface area contributed by atoms with E-state index in [4.69, 9.17) is 9.47 Å². The second kappa shape index (κ2) is 4.94. The van der Waals surface area contributed by atoms with Crippen LogP contribution in [0.3, 0.4) is 0 Å². The highest BCUT2D eigenvalue weighted by molar-refractivity contribution is 5.86. The van der Waals surface area contributed by atoms with Crippen LogP contribution in [0.25, 0.3) is 0 Å². The lowest BCUT2D eigenvalue weighted by atomic mass is 9.96. The van der Waals surface area contributed by atoms with Gasteiger partial charge in [-0.05, 0) is 19.4 Å². The monoisotopic (exact) mass is 246 g/mol. The van der Waals surface area contributed by atoms with Gasteiger partial charge in [-0.3, -0.25) is 0 Å². The third-order valence-electron chi connectivity index (χ3n) is 3.25. The van der Waals surface area contributed by atoms with Crippen molar-refractivity contribution in [3.05, 3.63) is 48.0 Å². The van der Waals surface area contributed by atoms with Gasteiger partial charge >= 0.3 is 5.97 Å². The van der Waals surface area contributed by atoms with E-state index in [2.05, 4.69) is 25.6 Å². The van der Waals surface area contributed by atoms with Crippen molar-refractivity contribution in [2.24, 2.45) is 0 Å². The molecule has 1 heterocycles. The smallest absolute Gasteiger partial charge is 0.333 e. The minimum absolute atomic E-state index is 0.123. The number of epoxide rings is 1. The SMILES string of the molecule is C=C(C)C(=O)OCCC1OC1(C)c1ccccc1. The maximum absolute atomic E-state index is 11.2. The molecule has 1 saturated heterocycles. The molecular formula is C15H18O3. The number of hydrogen-bond donors (Lipinski definition) is 0. The van der Waals surface area contributed by atoms with Crippen molar-refractivity contribution in [2.45, 2.75) is 32.0 Å². The minimum Gasteiger partial charge on any atom is -0.462 e. The summed E-state index contributed by atoms with van der Waals surface area (Å²) in [7, 11) is 0. The Morgan fingerprint density at radius 2 is 2.11 bits per heavy atom. The molecule has 0 N–H and O–H groups in total. The zero-order valence-electron chi connectivity index (χ0n) is 10.8. The van der Waals surface area contributed by atoms with Crippen molar-refractivity contribution < 1.29 is 14.3 Å². The maximum atomic E-state index is 11.2. The predicted molar refractivity (Wildman–Crippen MR) is 69.1 cm³/mol. The summed E-state index contributed by atoms with van der Waals surface area (Å²) in [6.07, 6.45) is 0.836. The first kappa shape index (κ1) is 12.8. The zero-order chi connectivity index (χ0) is 13.2. The van der Waals surface area contributed by atoms with Gasteiger partial charge in [-0.25, -0.2) is 4.79 Å². The van der Waals surface area contributed by atoms with Gasteiger partial charge in [0.05, 0.1) is 12.7 Å². The molecule has 2 atom stereocenters. The molecule has 0 spiro atoms. The molecule has 1 aliphatic heterocycles. The molecule has 2 rings (SSSR count). The van der Waals surface area contributed by atoms with Gasteiger partial charge in [0, 0.05) is 12.0 Å². The molecule has 3 nitrogen and oxygen atoms in total. The van der Waals surface area contributed by atoms with E-state index in [1.54, 1.807) is 6.92 Å². The Morgan fingerprint density at radius 3 is 2.72 bits per heavy atom. The van der Waals surface area contributed by atoms with E-state index in [-0.39, 0.29) is 17.7 Å². The van der Waals surface area contributed by atoms with E-state index in [0.717, 1.165) is 0 Å². The van der Waals surface area contributed by atoms with E-state index in [0.29, 0.717) is 18.6 Å². The molecule has 0 aromatic heterocycles. The van der Waals surface area contributed by atoms with Crippen molar-refractivity contribution in [1.82, 2.24) is 0 Å². The predicted octanol–water partition coefficient (Wildman–Crippen LogP) is 2.81. The van der Waals surface area contributed by atoms with Crippen LogP contribution in [-0.2, 0) is 19.9 Å². The maximum Gasteiger partial charge on any atom is 0.333 e. The fourth-order valence-electron chi connectivity index (χ4n) is 2.00. The molecule has 96 valence electrons. The number of carbonyl (C=O) groups excluding carboxylic acids is 1. The van der Waals surface area contributed by atoms with Crippen LogP contribution in [0.2, 0.25) is 0 Å². The number of ether oxygens (including phenoxy) is 2. The Balaban J connectivity index is 1.81. The number of carbonyl (C=O) groups is 1. The summed E-state index contributed by atoms with van der Waals surface area (Å²) >= 11 is 0. The molecule has 3 heteroatoms. The summed E-state index contributed by atoms with van der Waals surface area (Å²) in [6.45, 7) is 7.62. The molecular weight excluding hydrogens is 228 g/mol. The van der Waals surface area contributed by atoms with Crippen LogP contribution in [0.15, 0.2) is 42.5 Å². The number of benzene rings is 1. The average Bonchev–Trinajstić information content (AvgIpc) is 3.03. The van der Waals surface area contributed by atoms with Crippen molar-refractivity contribution in [2.75, 3.05) is 6.61 Å². The second-order valence-corrected chi connectivity index (χ2v) is 4.78. The van der Waals surface area contributed by atoms with E-state index in [9.17, 15) is 4.79 Å². The molecule has 0 saturated carbocycles. The van der Waals surface area contributed by atoms with Gasteiger partial charge in [0.15, 0.2) is 0 Å². The fourth-order valence-corrected chi connectivity index (χ4v) is 2.00. The topological polar surface area (TPSA) is 38.8 Å². The Hall–Kier alpha value is -1.61. The summed E-state index contributed by atoms with van der Waals surface area (Å²) in [5, 5.41) is 0. The van der Waals surface area contributed by atoms with Crippen molar-refractivity contribution in [3.63, 3.8) is 0 Å². The largest absolute Gasteiger partial charge is 0.462 e. The lowest BCUT2D eigenvalue weighted by molar-refractivity contribution is -0.139. The van der Waals surface area contributed by atoms with Crippen molar-refractivity contribution >= 4 is 5.97 Å². The lowest BCUT2D eigenvalue weighted by Gasteiger charge is -2.07. The van der Waals surface area contributed by atoms with E-state index in [1.165, 1.54) is 5.56 Å². The quantitative estimate of drug-likeness (QED) is 0.455. The number of rotatable bonds is 5. The van der Waals surface area contributed by atoms with Crippen LogP contribution in [0.5, 0.6) is 0 Å². The zero-order valence-corrected chi connectivity index (χ0v) is 10.8. The molecule has 0 amide bonds. The molecule has 1 aliphatic rings. The normalized spacial score (nSPS) is 25.6. The standard InChI is InChI=1S/C15H18O3/c1-11(2)14(16)17-10-9-13-15(3,18-13)12-7-5-4-6-8-12/h4-8,13H,1,9-10H2,2-3H3. The molecule has 1 fully saturated rings. The highest BCUT2D eigenvalue weighted by Gasteiger charge is 2.52. The van der Waals surface area contributed by atoms with Gasteiger partial charge in [0.2, 0.25) is 0 Å². The third-order valence-corrected chi connectivity index (χ3v) is 3.25. The average molecular weight is 246 g/mol. The third kappa shape index (κ3) is 2.62. The van der Waals surface area contributed by atoms with Gasteiger partial charge in [-0.15, -0.1) is 0 Å². The number of hydrogen-bond acceptors (Lipinski definition) is 3. The first-order chi connectivity index (χ1) is 8.54. The summed E-state index contributed by atoms with van der Waals surface area (Å²) in [4.78, 5) is 11.2. The number of esters is 1. The molecule has 18 heavy (non-hydrogen) atoms. The molecule has 0 radical (unpaired) electrons. The van der Waals surface area contributed by atoms with Gasteiger partial charge in [-0.1, -0.05) is 36.9 Å². The van der Waals surface area contributed by atoms with Gasteiger partial charge in [0.25, 0.3) is 0 Å². The van der Waals surface area contributed by atoms with Gasteiger partial charge in [0.1, 0.15) is 5.60 Å². The highest BCUT2D eigenvalue weighted by Crippen LogP contribution is 2.47. The van der Waals surface area contributed by atoms with Crippen LogP contribution >= 0.6 is 0 Å². The van der Waals surface area contributed by atoms with Crippen LogP contribution in [-0.4, -0.2) is 18.7 Å². The van der Waals surface area contributed by atoms with Gasteiger partial charge in [-0.2, -0.15) is 0 Å². The van der Waals surface area contributed by atoms with Crippen LogP contribution < -0.4 is 0 Å². The van der Waals surface area contributed by atoms with Crippen LogP contribution in [0.4, 0.5) is 0 Å². The second-order valence-electron chi connectivity index (χ2n) is 4.78. The Bertz CT molecular complexity index is 452. The van der Waals surface area contributed by atoms with E-state index < -0.39 is 0 Å². The summed E-state index contributed by atoms with van der Waals surface area (Å²) in [5.41, 5.74) is 1.37. The molecule has 2 unspecified atom stereocenters. The van der Waals surface area contributed by atoms with E-state index in [1.807, 2.05) is 18.2 Å². The molecule has 0 aliphatic carbocycles. The Labute approximate surface area is 107 Å². The summed E-state index contributed by atoms with van der Waals surface area (Å²) in [5.74, 6) is -0.336. The van der Waals surface area contributed by atoms with Crippen molar-refractivity contribution in [1.29, 1.82) is 0 Å².